The molecule has 126 valence electrons. The van der Waals surface area contributed by atoms with Crippen LogP contribution in [0.15, 0.2) is 11.4 Å². The van der Waals surface area contributed by atoms with Crippen LogP contribution in [0.25, 0.3) is 0 Å². The Morgan fingerprint density at radius 3 is 1.91 bits per heavy atom. The lowest BCUT2D eigenvalue weighted by atomic mass is 9.79. The minimum absolute atomic E-state index is 0.625. The van der Waals surface area contributed by atoms with Crippen molar-refractivity contribution in [2.24, 2.45) is 0 Å². The topological polar surface area (TPSA) is 0 Å². The Morgan fingerprint density at radius 2 is 1.30 bits per heavy atom. The maximum atomic E-state index is 2.60. The summed E-state index contributed by atoms with van der Waals surface area (Å²) in [4.78, 5) is 1.90. The van der Waals surface area contributed by atoms with Crippen molar-refractivity contribution in [1.29, 1.82) is 0 Å². The van der Waals surface area contributed by atoms with Gasteiger partial charge in [0, 0.05) is 15.2 Å². The monoisotopic (exact) mass is 364 g/mol. The van der Waals surface area contributed by atoms with Crippen LogP contribution in [0, 0.1) is 0 Å². The molecule has 1 aromatic heterocycles. The van der Waals surface area contributed by atoms with E-state index in [-0.39, 0.29) is 0 Å². The van der Waals surface area contributed by atoms with E-state index >= 15 is 0 Å². The van der Waals surface area contributed by atoms with Crippen molar-refractivity contribution in [1.82, 2.24) is 0 Å². The quantitative estimate of drug-likeness (QED) is 0.497. The van der Waals surface area contributed by atoms with Gasteiger partial charge in [0.2, 0.25) is 0 Å². The van der Waals surface area contributed by atoms with Crippen molar-refractivity contribution < 1.29 is 0 Å². The maximum Gasteiger partial charge on any atom is 0.0225 e. The van der Waals surface area contributed by atoms with Crippen LogP contribution in [-0.2, 0) is 10.3 Å². The van der Waals surface area contributed by atoms with Gasteiger partial charge in [-0.15, -0.1) is 28.5 Å². The Labute approximate surface area is 149 Å². The molecule has 4 saturated heterocycles. The van der Waals surface area contributed by atoms with Gasteiger partial charge in [-0.3, -0.25) is 0 Å². The Balaban J connectivity index is 1.55. The lowest BCUT2D eigenvalue weighted by Crippen LogP contribution is -2.36. The Morgan fingerprint density at radius 1 is 0.783 bits per heavy atom. The van der Waals surface area contributed by atoms with E-state index < -0.39 is 0 Å². The summed E-state index contributed by atoms with van der Waals surface area (Å²) < 4.78 is 0. The molecule has 0 saturated carbocycles. The largest absolute Gasteiger partial charge is 0.148 e. The first-order valence-electron chi connectivity index (χ1n) is 9.94. The molecule has 0 spiro atoms. The number of hydrogen-bond acceptors (Lipinski definition) is 1. The van der Waals surface area contributed by atoms with Gasteiger partial charge < -0.3 is 0 Å². The summed E-state index contributed by atoms with van der Waals surface area (Å²) in [5, 5.41) is 3.73. The molecule has 4 aliphatic rings. The maximum absolute atomic E-state index is 2.60. The molecule has 4 aliphatic heterocycles. The highest BCUT2D eigenvalue weighted by molar-refractivity contribution is 7.41. The summed E-state index contributed by atoms with van der Waals surface area (Å²) in [6.45, 7) is 0. The molecule has 2 unspecified atom stereocenters. The van der Waals surface area contributed by atoms with Gasteiger partial charge in [0.05, 0.1) is 0 Å². The SMILES string of the molecule is c1cc(C23CCCC(CCC2)P3)c(C23CCCC(CCC2)P3)s1. The van der Waals surface area contributed by atoms with Gasteiger partial charge in [-0.1, -0.05) is 25.7 Å². The molecule has 4 fully saturated rings. The molecular weight excluding hydrogens is 334 g/mol. The molecule has 0 aromatic carbocycles. The molecule has 0 radical (unpaired) electrons. The first-order valence-corrected chi connectivity index (χ1v) is 13.0. The average Bonchev–Trinajstić information content (AvgIpc) is 3.06. The molecule has 4 bridgehead atoms. The molecule has 0 aliphatic carbocycles. The van der Waals surface area contributed by atoms with Gasteiger partial charge in [-0.25, -0.2) is 0 Å². The summed E-state index contributed by atoms with van der Waals surface area (Å²) in [6.07, 6.45) is 18.2. The highest BCUT2D eigenvalue weighted by atomic mass is 32.1. The predicted octanol–water partition coefficient (Wildman–Crippen LogP) is 6.97. The minimum atomic E-state index is 0.625. The third-order valence-electron chi connectivity index (χ3n) is 7.20. The lowest BCUT2D eigenvalue weighted by Gasteiger charge is -2.50. The molecular formula is C20H30P2S. The molecule has 0 nitrogen and oxygen atoms in total. The second-order valence-corrected chi connectivity index (χ2v) is 13.6. The average molecular weight is 364 g/mol. The molecule has 0 amide bonds. The fourth-order valence-corrected chi connectivity index (χ4v) is 12.7. The van der Waals surface area contributed by atoms with Crippen LogP contribution < -0.4 is 0 Å². The van der Waals surface area contributed by atoms with Crippen LogP contribution in [-0.4, -0.2) is 11.3 Å². The van der Waals surface area contributed by atoms with Crippen LogP contribution >= 0.6 is 28.5 Å². The van der Waals surface area contributed by atoms with E-state index in [0.717, 1.165) is 11.3 Å². The number of thiophene rings is 1. The Kier molecular flexibility index (Phi) is 4.17. The number of rotatable bonds is 2. The van der Waals surface area contributed by atoms with E-state index in [2.05, 4.69) is 22.8 Å². The van der Waals surface area contributed by atoms with Crippen molar-refractivity contribution in [3.63, 3.8) is 0 Å². The van der Waals surface area contributed by atoms with E-state index in [1.807, 2.05) is 10.4 Å². The van der Waals surface area contributed by atoms with E-state index in [1.54, 1.807) is 0 Å². The molecule has 5 rings (SSSR count). The van der Waals surface area contributed by atoms with Crippen molar-refractivity contribution in [3.8, 4) is 0 Å². The second kappa shape index (κ2) is 6.07. The zero-order valence-corrected chi connectivity index (χ0v) is 17.0. The van der Waals surface area contributed by atoms with Crippen LogP contribution in [0.4, 0.5) is 0 Å². The summed E-state index contributed by atoms with van der Waals surface area (Å²) in [6, 6.07) is 2.60. The Bertz CT molecular complexity index is 509. The predicted molar refractivity (Wildman–Crippen MR) is 107 cm³/mol. The zero-order chi connectivity index (χ0) is 15.3. The molecule has 1 aromatic rings. The van der Waals surface area contributed by atoms with Crippen molar-refractivity contribution in [2.45, 2.75) is 98.7 Å². The first kappa shape index (κ1) is 15.8. The van der Waals surface area contributed by atoms with Gasteiger partial charge in [0.1, 0.15) is 0 Å². The van der Waals surface area contributed by atoms with Crippen LogP contribution in [0.1, 0.15) is 87.5 Å². The van der Waals surface area contributed by atoms with Crippen molar-refractivity contribution in [3.05, 3.63) is 21.9 Å². The number of fused-ring (bicyclic) bond motifs is 4. The van der Waals surface area contributed by atoms with E-state index in [1.165, 1.54) is 94.2 Å². The van der Waals surface area contributed by atoms with Crippen molar-refractivity contribution in [2.75, 3.05) is 0 Å². The van der Waals surface area contributed by atoms with Crippen molar-refractivity contribution >= 4 is 28.5 Å². The summed E-state index contributed by atoms with van der Waals surface area (Å²) in [5.41, 5.74) is 4.04. The smallest absolute Gasteiger partial charge is 0.0225 e. The zero-order valence-electron chi connectivity index (χ0n) is 14.2. The standard InChI is InChI=1S/C20H30P2S/c1-5-15-6-2-11-19(10-1,21-15)17-9-14-23-18(17)20-12-3-7-16(22-20)8-4-13-20/h9,14-16,21-22H,1-8,10-13H2. The Hall–Kier alpha value is 0.560. The summed E-state index contributed by atoms with van der Waals surface area (Å²) in [7, 11) is 2.48. The fraction of sp³-hybridized carbons (Fsp3) is 0.800. The third kappa shape index (κ3) is 2.60. The van der Waals surface area contributed by atoms with Crippen LogP contribution in [0.2, 0.25) is 0 Å². The van der Waals surface area contributed by atoms with Crippen LogP contribution in [0.5, 0.6) is 0 Å². The number of hydrogen-bond donors (Lipinski definition) is 0. The third-order valence-corrected chi connectivity index (χ3v) is 13.1. The minimum Gasteiger partial charge on any atom is -0.148 e. The van der Waals surface area contributed by atoms with E-state index in [4.69, 9.17) is 0 Å². The summed E-state index contributed by atoms with van der Waals surface area (Å²) >= 11 is 2.16. The van der Waals surface area contributed by atoms with Gasteiger partial charge in [0.25, 0.3) is 0 Å². The highest BCUT2D eigenvalue weighted by Crippen LogP contribution is 2.66. The fourth-order valence-electron chi connectivity index (χ4n) is 6.19. The molecule has 5 heterocycles. The highest BCUT2D eigenvalue weighted by Gasteiger charge is 2.47. The van der Waals surface area contributed by atoms with Gasteiger partial charge >= 0.3 is 0 Å². The molecule has 23 heavy (non-hydrogen) atoms. The molecule has 0 N–H and O–H groups in total. The van der Waals surface area contributed by atoms with E-state index in [9.17, 15) is 0 Å². The first-order chi connectivity index (χ1) is 11.3. The van der Waals surface area contributed by atoms with Gasteiger partial charge in [-0.2, -0.15) is 0 Å². The normalized spacial score (nSPS) is 45.4. The molecule has 2 atom stereocenters. The van der Waals surface area contributed by atoms with Crippen LogP contribution in [0.3, 0.4) is 0 Å². The summed E-state index contributed by atoms with van der Waals surface area (Å²) in [5.74, 6) is 0. The van der Waals surface area contributed by atoms with Gasteiger partial charge in [0.15, 0.2) is 0 Å². The second-order valence-electron chi connectivity index (χ2n) is 8.58. The van der Waals surface area contributed by atoms with Gasteiger partial charge in [-0.05, 0) is 79.7 Å². The van der Waals surface area contributed by atoms with E-state index in [0.29, 0.717) is 10.3 Å². The lowest BCUT2D eigenvalue weighted by molar-refractivity contribution is 0.367. The molecule has 3 heteroatoms.